The number of aryl methyl sites for hydroxylation is 1. The number of hydrogen-bond acceptors (Lipinski definition) is 6. The number of aromatic nitrogens is 2. The molecule has 0 saturated carbocycles. The summed E-state index contributed by atoms with van der Waals surface area (Å²) in [6.07, 6.45) is 3.01. The topological polar surface area (TPSA) is 80.5 Å². The van der Waals surface area contributed by atoms with Crippen LogP contribution in [0.4, 0.5) is 0 Å². The molecule has 0 spiro atoms. The summed E-state index contributed by atoms with van der Waals surface area (Å²) >= 11 is 0. The lowest BCUT2D eigenvalue weighted by Crippen LogP contribution is -2.52. The van der Waals surface area contributed by atoms with Crippen LogP contribution in [0, 0.1) is 5.92 Å². The van der Waals surface area contributed by atoms with Crippen molar-refractivity contribution in [3.05, 3.63) is 36.2 Å². The van der Waals surface area contributed by atoms with E-state index >= 15 is 0 Å². The smallest absolute Gasteiger partial charge is 0.247 e. The normalized spacial score (nSPS) is 16.1. The Kier molecular flexibility index (Phi) is 8.19. The molecule has 1 fully saturated rings. The maximum absolute atomic E-state index is 12.4. The molecule has 1 aliphatic heterocycles. The second-order valence-electron chi connectivity index (χ2n) is 7.46. The first kappa shape index (κ1) is 21.5. The van der Waals surface area contributed by atoms with E-state index in [4.69, 9.17) is 9.15 Å². The van der Waals surface area contributed by atoms with E-state index in [1.54, 1.807) is 0 Å². The molecule has 1 atom stereocenters. The molecule has 2 heterocycles. The number of nitrogens with zero attached hydrogens (tertiary/aromatic N) is 3. The predicted octanol–water partition coefficient (Wildman–Crippen LogP) is 2.92. The largest absolute Gasteiger partial charge is 0.421 e. The third kappa shape index (κ3) is 6.11. The number of ether oxygens (including phenoxy) is 1. The van der Waals surface area contributed by atoms with Gasteiger partial charge in [0.2, 0.25) is 17.7 Å². The summed E-state index contributed by atoms with van der Waals surface area (Å²) in [5.74, 6) is 1.57. The SMILES string of the molecule is CCC(CC)C(CNC(=O)CCc1nnc(-c2ccccc2)o1)N1CCOCC1. The average molecular weight is 401 g/mol. The summed E-state index contributed by atoms with van der Waals surface area (Å²) in [6, 6.07) is 10.00. The molecule has 7 nitrogen and oxygen atoms in total. The number of carbonyl (C=O) groups is 1. The zero-order chi connectivity index (χ0) is 20.5. The van der Waals surface area contributed by atoms with Crippen LogP contribution in [-0.2, 0) is 16.0 Å². The van der Waals surface area contributed by atoms with Crippen molar-refractivity contribution in [3.8, 4) is 11.5 Å². The van der Waals surface area contributed by atoms with Gasteiger partial charge in [-0.3, -0.25) is 9.69 Å². The number of benzene rings is 1. The minimum absolute atomic E-state index is 0.0219. The summed E-state index contributed by atoms with van der Waals surface area (Å²) in [6.45, 7) is 8.52. The highest BCUT2D eigenvalue weighted by atomic mass is 16.5. The minimum Gasteiger partial charge on any atom is -0.421 e. The average Bonchev–Trinajstić information content (AvgIpc) is 3.25. The number of hydrogen-bond donors (Lipinski definition) is 1. The molecule has 2 aromatic rings. The Balaban J connectivity index is 1.49. The van der Waals surface area contributed by atoms with Gasteiger partial charge in [0.25, 0.3) is 0 Å². The summed E-state index contributed by atoms with van der Waals surface area (Å²) in [5, 5.41) is 11.3. The number of rotatable bonds is 10. The van der Waals surface area contributed by atoms with Crippen molar-refractivity contribution in [1.29, 1.82) is 0 Å². The molecule has 1 aromatic carbocycles. The lowest BCUT2D eigenvalue weighted by molar-refractivity contribution is -0.121. The quantitative estimate of drug-likeness (QED) is 0.660. The first-order valence-electron chi connectivity index (χ1n) is 10.7. The summed E-state index contributed by atoms with van der Waals surface area (Å²) < 4.78 is 11.2. The fourth-order valence-corrected chi connectivity index (χ4v) is 3.92. The molecule has 158 valence electrons. The van der Waals surface area contributed by atoms with Gasteiger partial charge in [-0.2, -0.15) is 0 Å². The zero-order valence-electron chi connectivity index (χ0n) is 17.5. The molecule has 0 aliphatic carbocycles. The Morgan fingerprint density at radius 3 is 2.55 bits per heavy atom. The van der Waals surface area contributed by atoms with Gasteiger partial charge in [-0.25, -0.2) is 0 Å². The molecule has 0 bridgehead atoms. The van der Waals surface area contributed by atoms with Crippen molar-refractivity contribution in [2.75, 3.05) is 32.8 Å². The van der Waals surface area contributed by atoms with Crippen LogP contribution < -0.4 is 5.32 Å². The first-order valence-corrected chi connectivity index (χ1v) is 10.7. The molecule has 29 heavy (non-hydrogen) atoms. The Morgan fingerprint density at radius 1 is 1.14 bits per heavy atom. The molecule has 1 N–H and O–H groups in total. The highest BCUT2D eigenvalue weighted by Gasteiger charge is 2.27. The van der Waals surface area contributed by atoms with Gasteiger partial charge in [-0.05, 0) is 18.1 Å². The number of nitrogens with one attached hydrogen (secondary N) is 1. The van der Waals surface area contributed by atoms with Crippen LogP contribution in [0.2, 0.25) is 0 Å². The van der Waals surface area contributed by atoms with Crippen LogP contribution in [0.5, 0.6) is 0 Å². The van der Waals surface area contributed by atoms with Gasteiger partial charge in [0.15, 0.2) is 0 Å². The summed E-state index contributed by atoms with van der Waals surface area (Å²) in [4.78, 5) is 14.9. The standard InChI is InChI=1S/C22H32N4O3/c1-3-17(4-2)19(26-12-14-28-15-13-26)16-23-20(27)10-11-21-24-25-22(29-21)18-8-6-5-7-9-18/h5-9,17,19H,3-4,10-16H2,1-2H3,(H,23,27). The van der Waals surface area contributed by atoms with Gasteiger partial charge >= 0.3 is 0 Å². The van der Waals surface area contributed by atoms with Gasteiger partial charge in [0.05, 0.1) is 13.2 Å². The number of morpholine rings is 1. The Bertz CT molecular complexity index is 740. The molecule has 0 radical (unpaired) electrons. The van der Waals surface area contributed by atoms with E-state index < -0.39 is 0 Å². The molecule has 1 aliphatic rings. The predicted molar refractivity (Wildman–Crippen MR) is 111 cm³/mol. The summed E-state index contributed by atoms with van der Waals surface area (Å²) in [7, 11) is 0. The fourth-order valence-electron chi connectivity index (χ4n) is 3.92. The molecule has 1 amide bonds. The van der Waals surface area contributed by atoms with Crippen LogP contribution in [0.25, 0.3) is 11.5 Å². The third-order valence-corrected chi connectivity index (χ3v) is 5.67. The molecule has 1 unspecified atom stereocenters. The monoisotopic (exact) mass is 400 g/mol. The van der Waals surface area contributed by atoms with Crippen molar-refractivity contribution < 1.29 is 13.9 Å². The summed E-state index contributed by atoms with van der Waals surface area (Å²) in [5.41, 5.74) is 0.884. The highest BCUT2D eigenvalue weighted by Crippen LogP contribution is 2.20. The molecule has 7 heteroatoms. The van der Waals surface area contributed by atoms with Crippen LogP contribution in [0.3, 0.4) is 0 Å². The second kappa shape index (κ2) is 11.1. The van der Waals surface area contributed by atoms with Crippen molar-refractivity contribution in [2.45, 2.75) is 45.6 Å². The van der Waals surface area contributed by atoms with Crippen molar-refractivity contribution in [2.24, 2.45) is 5.92 Å². The Morgan fingerprint density at radius 2 is 1.86 bits per heavy atom. The van der Waals surface area contributed by atoms with E-state index in [2.05, 4.69) is 34.3 Å². The molecule has 1 saturated heterocycles. The minimum atomic E-state index is 0.0219. The Labute approximate surface area is 172 Å². The van der Waals surface area contributed by atoms with E-state index in [9.17, 15) is 4.79 Å². The maximum atomic E-state index is 12.4. The third-order valence-electron chi connectivity index (χ3n) is 5.67. The lowest BCUT2D eigenvalue weighted by Gasteiger charge is -2.38. The first-order chi connectivity index (χ1) is 14.2. The molecular formula is C22H32N4O3. The number of amides is 1. The van der Waals surface area contributed by atoms with E-state index in [1.807, 2.05) is 30.3 Å². The molecule has 1 aromatic heterocycles. The second-order valence-corrected chi connectivity index (χ2v) is 7.46. The van der Waals surface area contributed by atoms with Crippen LogP contribution in [0.1, 0.15) is 39.0 Å². The Hall–Kier alpha value is -2.25. The fraction of sp³-hybridized carbons (Fsp3) is 0.591. The van der Waals surface area contributed by atoms with Crippen LogP contribution in [0.15, 0.2) is 34.7 Å². The maximum Gasteiger partial charge on any atom is 0.247 e. The van der Waals surface area contributed by atoms with Crippen molar-refractivity contribution in [1.82, 2.24) is 20.4 Å². The van der Waals surface area contributed by atoms with E-state index in [0.717, 1.165) is 44.7 Å². The van der Waals surface area contributed by atoms with Crippen molar-refractivity contribution >= 4 is 5.91 Å². The van der Waals surface area contributed by atoms with E-state index in [1.165, 1.54) is 0 Å². The van der Waals surface area contributed by atoms with E-state index in [-0.39, 0.29) is 5.91 Å². The van der Waals surface area contributed by atoms with Gasteiger partial charge < -0.3 is 14.5 Å². The zero-order valence-corrected chi connectivity index (χ0v) is 17.5. The van der Waals surface area contributed by atoms with Crippen LogP contribution in [-0.4, -0.2) is 59.9 Å². The number of carbonyl (C=O) groups excluding carboxylic acids is 1. The van der Waals surface area contributed by atoms with Crippen LogP contribution >= 0.6 is 0 Å². The van der Waals surface area contributed by atoms with Gasteiger partial charge in [0, 0.05) is 44.1 Å². The molecule has 3 rings (SSSR count). The van der Waals surface area contributed by atoms with Gasteiger partial charge in [-0.1, -0.05) is 44.9 Å². The highest BCUT2D eigenvalue weighted by molar-refractivity contribution is 5.76. The van der Waals surface area contributed by atoms with Crippen molar-refractivity contribution in [3.63, 3.8) is 0 Å². The van der Waals surface area contributed by atoms with Gasteiger partial charge in [-0.15, -0.1) is 10.2 Å². The molecular weight excluding hydrogens is 368 g/mol. The lowest BCUT2D eigenvalue weighted by atomic mass is 9.92. The van der Waals surface area contributed by atoms with Gasteiger partial charge in [0.1, 0.15) is 0 Å². The van der Waals surface area contributed by atoms with E-state index in [0.29, 0.717) is 43.1 Å².